The fraction of sp³-hybridized carbons (Fsp3) is 0.100. The van der Waals surface area contributed by atoms with Gasteiger partial charge in [0.2, 0.25) is 11.6 Å². The summed E-state index contributed by atoms with van der Waals surface area (Å²) in [5.41, 5.74) is -1.13. The van der Waals surface area contributed by atoms with E-state index in [0.717, 1.165) is 0 Å². The predicted octanol–water partition coefficient (Wildman–Crippen LogP) is 1.70. The number of carbonyl (C=O) groups excluding carboxylic acids is 2. The van der Waals surface area contributed by atoms with E-state index in [9.17, 15) is 9.59 Å². The summed E-state index contributed by atoms with van der Waals surface area (Å²) in [6.07, 6.45) is 0. The van der Waals surface area contributed by atoms with Crippen molar-refractivity contribution in [2.45, 2.75) is 6.92 Å². The fourth-order valence-corrected chi connectivity index (χ4v) is 1.22. The van der Waals surface area contributed by atoms with E-state index in [1.165, 1.54) is 19.1 Å². The van der Waals surface area contributed by atoms with Crippen molar-refractivity contribution in [2.24, 2.45) is 0 Å². The van der Waals surface area contributed by atoms with Crippen molar-refractivity contribution in [1.82, 2.24) is 0 Å². The Morgan fingerprint density at radius 2 is 1.12 bits per heavy atom. The van der Waals surface area contributed by atoms with Gasteiger partial charge >= 0.3 is 0 Å². The van der Waals surface area contributed by atoms with E-state index < -0.39 is 32.8 Å². The Balaban J connectivity index is 0.000000770. The van der Waals surface area contributed by atoms with Crippen LogP contribution in [-0.2, 0) is 9.59 Å². The summed E-state index contributed by atoms with van der Waals surface area (Å²) in [4.78, 5) is 22.4. The summed E-state index contributed by atoms with van der Waals surface area (Å²) < 4.78 is 0. The molecule has 5 nitrogen and oxygen atoms in total. The molecule has 0 saturated heterocycles. The Morgan fingerprint density at radius 3 is 1.29 bits per heavy atom. The molecule has 0 unspecified atom stereocenters. The maximum atomic E-state index is 11.2. The van der Waals surface area contributed by atoms with Crippen LogP contribution in [0.5, 0.6) is 0 Å². The number of Topliss-reactive ketones (excluding diaryl/α,β-unsaturated/α-hetero) is 2. The van der Waals surface area contributed by atoms with Crippen LogP contribution in [0.1, 0.15) is 6.92 Å². The van der Waals surface area contributed by atoms with E-state index >= 15 is 0 Å². The summed E-state index contributed by atoms with van der Waals surface area (Å²) in [6.45, 7) is 1.43. The average molecular weight is 268 g/mol. The van der Waals surface area contributed by atoms with Gasteiger partial charge in [-0.25, -0.2) is 0 Å². The van der Waals surface area contributed by atoms with Crippen molar-refractivity contribution < 1.29 is 9.59 Å². The van der Waals surface area contributed by atoms with E-state index in [1.54, 1.807) is 6.07 Å². The molecule has 7 heteroatoms. The molecule has 0 aromatic rings. The van der Waals surface area contributed by atoms with Crippen LogP contribution >= 0.6 is 23.2 Å². The summed E-state index contributed by atoms with van der Waals surface area (Å²) in [5.74, 6) is -1.79. The van der Waals surface area contributed by atoms with Gasteiger partial charge in [-0.3, -0.25) is 9.59 Å². The summed E-state index contributed by atoms with van der Waals surface area (Å²) in [5, 5.41) is 23.3. The molecule has 0 bridgehead atoms. The van der Waals surface area contributed by atoms with Crippen LogP contribution in [0.25, 0.3) is 0 Å². The van der Waals surface area contributed by atoms with Crippen LogP contribution in [0.15, 0.2) is 21.2 Å². The van der Waals surface area contributed by atoms with Crippen LogP contribution in [0.2, 0.25) is 0 Å². The Bertz CT molecular complexity index is 524. The molecule has 1 aliphatic rings. The second-order valence-corrected chi connectivity index (χ2v) is 3.24. The van der Waals surface area contributed by atoms with Crippen LogP contribution in [0.3, 0.4) is 0 Å². The molecule has 0 spiro atoms. The number of halogens is 2. The Labute approximate surface area is 107 Å². The van der Waals surface area contributed by atoms with Gasteiger partial charge in [0.1, 0.15) is 33.3 Å². The summed E-state index contributed by atoms with van der Waals surface area (Å²) in [6, 6.07) is 4.64. The zero-order valence-corrected chi connectivity index (χ0v) is 9.93. The Hall–Kier alpha value is -2.13. The molecule has 0 saturated carbocycles. The molecular formula is C10H3Cl2N3O2. The molecule has 1 aliphatic carbocycles. The lowest BCUT2D eigenvalue weighted by Crippen LogP contribution is -2.18. The predicted molar refractivity (Wildman–Crippen MR) is 58.3 cm³/mol. The number of allylic oxidation sites excluding steroid dienone is 4. The van der Waals surface area contributed by atoms with Crippen LogP contribution in [0, 0.1) is 34.0 Å². The molecule has 0 aliphatic heterocycles. The second kappa shape index (κ2) is 6.45. The van der Waals surface area contributed by atoms with Gasteiger partial charge < -0.3 is 0 Å². The number of rotatable bonds is 0. The maximum Gasteiger partial charge on any atom is 0.218 e. The molecule has 1 rings (SSSR count). The monoisotopic (exact) mass is 267 g/mol. The average Bonchev–Trinajstić information content (AvgIpc) is 2.31. The zero-order chi connectivity index (χ0) is 13.6. The van der Waals surface area contributed by atoms with Crippen molar-refractivity contribution in [3.05, 3.63) is 21.2 Å². The maximum absolute atomic E-state index is 11.2. The van der Waals surface area contributed by atoms with E-state index in [4.69, 9.17) is 39.0 Å². The van der Waals surface area contributed by atoms with E-state index in [2.05, 4.69) is 0 Å². The van der Waals surface area contributed by atoms with Crippen molar-refractivity contribution in [3.63, 3.8) is 0 Å². The van der Waals surface area contributed by atoms with Gasteiger partial charge in [-0.2, -0.15) is 15.8 Å². The van der Waals surface area contributed by atoms with Crippen molar-refractivity contribution in [3.8, 4) is 18.2 Å². The summed E-state index contributed by atoms with van der Waals surface area (Å²) in [7, 11) is 0. The number of nitrogens with zero attached hydrogens (tertiary/aromatic N) is 3. The minimum Gasteiger partial charge on any atom is -0.287 e. The number of carbonyl (C=O) groups is 2. The van der Waals surface area contributed by atoms with Crippen molar-refractivity contribution >= 4 is 34.8 Å². The largest absolute Gasteiger partial charge is 0.287 e. The third-order valence-corrected chi connectivity index (χ3v) is 2.34. The Kier molecular flexibility index (Phi) is 5.64. The van der Waals surface area contributed by atoms with Crippen LogP contribution < -0.4 is 0 Å². The van der Waals surface area contributed by atoms with Gasteiger partial charge in [-0.05, 0) is 0 Å². The first-order valence-electron chi connectivity index (χ1n) is 3.96. The molecule has 0 atom stereocenters. The lowest BCUT2D eigenvalue weighted by molar-refractivity contribution is -0.115. The first kappa shape index (κ1) is 14.9. The molecule has 0 amide bonds. The smallest absolute Gasteiger partial charge is 0.218 e. The highest BCUT2D eigenvalue weighted by Crippen LogP contribution is 2.28. The molecular weight excluding hydrogens is 265 g/mol. The second-order valence-electron chi connectivity index (χ2n) is 2.48. The lowest BCUT2D eigenvalue weighted by atomic mass is 9.96. The van der Waals surface area contributed by atoms with Gasteiger partial charge in [0.25, 0.3) is 0 Å². The van der Waals surface area contributed by atoms with Crippen LogP contribution in [0.4, 0.5) is 0 Å². The van der Waals surface area contributed by atoms with Gasteiger partial charge in [0.05, 0.1) is 6.07 Å². The normalized spacial score (nSPS) is 14.4. The minimum absolute atomic E-state index is 0.521. The molecule has 0 heterocycles. The molecule has 0 aromatic heterocycles. The first-order valence-corrected chi connectivity index (χ1v) is 4.71. The van der Waals surface area contributed by atoms with E-state index in [-0.39, 0.29) is 0 Å². The summed E-state index contributed by atoms with van der Waals surface area (Å²) >= 11 is 10.8. The third kappa shape index (κ3) is 2.92. The zero-order valence-electron chi connectivity index (χ0n) is 8.41. The van der Waals surface area contributed by atoms with Gasteiger partial charge in [0, 0.05) is 6.92 Å². The van der Waals surface area contributed by atoms with Crippen LogP contribution in [-0.4, -0.2) is 11.6 Å². The quantitative estimate of drug-likeness (QED) is 0.621. The van der Waals surface area contributed by atoms with Crippen molar-refractivity contribution in [1.29, 1.82) is 15.8 Å². The molecule has 0 fully saturated rings. The topological polar surface area (TPSA) is 106 Å². The highest BCUT2D eigenvalue weighted by Gasteiger charge is 2.33. The van der Waals surface area contributed by atoms with Gasteiger partial charge in [-0.1, -0.05) is 23.2 Å². The molecule has 84 valence electrons. The number of hydrogen-bond donors (Lipinski definition) is 0. The molecule has 0 aromatic carbocycles. The number of ketones is 2. The van der Waals surface area contributed by atoms with E-state index in [1.807, 2.05) is 0 Å². The standard InChI is InChI=1S/C8Cl2N2O2.C2H3N/c9-5-6(10)8(14)4(2-12)3(1-11)7(5)13;1-2-3/h;1H3. The van der Waals surface area contributed by atoms with E-state index in [0.29, 0.717) is 0 Å². The number of hydrogen-bond acceptors (Lipinski definition) is 5. The SMILES string of the molecule is CC#N.N#CC1=C(C#N)C(=O)C(Cl)=C(Cl)C1=O. The molecule has 17 heavy (non-hydrogen) atoms. The van der Waals surface area contributed by atoms with Gasteiger partial charge in [-0.15, -0.1) is 0 Å². The Morgan fingerprint density at radius 1 is 0.882 bits per heavy atom. The fourth-order valence-electron chi connectivity index (χ4n) is 0.859. The van der Waals surface area contributed by atoms with Crippen molar-refractivity contribution in [2.75, 3.05) is 0 Å². The third-order valence-electron chi connectivity index (χ3n) is 1.52. The molecule has 0 N–H and O–H groups in total. The van der Waals surface area contributed by atoms with Gasteiger partial charge in [0.15, 0.2) is 0 Å². The number of nitriles is 3. The molecule has 0 radical (unpaired) electrons. The lowest BCUT2D eigenvalue weighted by Gasteiger charge is -2.08. The highest BCUT2D eigenvalue weighted by molar-refractivity contribution is 6.59. The first-order chi connectivity index (χ1) is 7.95. The minimum atomic E-state index is -0.893. The highest BCUT2D eigenvalue weighted by atomic mass is 35.5.